The average Bonchev–Trinajstić information content (AvgIpc) is 3.14. The van der Waals surface area contributed by atoms with Crippen LogP contribution in [0.1, 0.15) is 17.4 Å². The van der Waals surface area contributed by atoms with Crippen molar-refractivity contribution in [2.45, 2.75) is 13.0 Å². The molecule has 1 amide bonds. The standard InChI is InChI=1S/C19H14Cl2N2O3S/c1-11(17(24)22-15-5-3-2-4-14(15)21)26-19(25)16-10-27-18(23-16)12-6-8-13(20)9-7-12/h2-11H,1H3,(H,22,24). The predicted molar refractivity (Wildman–Crippen MR) is 108 cm³/mol. The van der Waals surface area contributed by atoms with Gasteiger partial charge in [0.05, 0.1) is 10.7 Å². The van der Waals surface area contributed by atoms with Crippen LogP contribution in [0, 0.1) is 0 Å². The van der Waals surface area contributed by atoms with E-state index in [0.29, 0.717) is 20.7 Å². The van der Waals surface area contributed by atoms with Gasteiger partial charge in [-0.2, -0.15) is 0 Å². The molecule has 1 unspecified atom stereocenters. The molecule has 2 aromatic carbocycles. The number of thiazole rings is 1. The number of nitrogens with one attached hydrogen (secondary N) is 1. The van der Waals surface area contributed by atoms with Gasteiger partial charge in [-0.05, 0) is 31.2 Å². The Morgan fingerprint density at radius 2 is 1.81 bits per heavy atom. The van der Waals surface area contributed by atoms with Crippen molar-refractivity contribution in [2.24, 2.45) is 0 Å². The second kappa shape index (κ2) is 8.52. The highest BCUT2D eigenvalue weighted by molar-refractivity contribution is 7.13. The third-order valence-corrected chi connectivity index (χ3v) is 5.06. The number of carbonyl (C=O) groups is 2. The first-order valence-electron chi connectivity index (χ1n) is 7.92. The van der Waals surface area contributed by atoms with Crippen molar-refractivity contribution in [1.82, 2.24) is 4.98 Å². The Balaban J connectivity index is 1.64. The molecule has 27 heavy (non-hydrogen) atoms. The smallest absolute Gasteiger partial charge is 0.358 e. The molecule has 8 heteroatoms. The number of aromatic nitrogens is 1. The van der Waals surface area contributed by atoms with Gasteiger partial charge in [-0.15, -0.1) is 11.3 Å². The van der Waals surface area contributed by atoms with Crippen molar-refractivity contribution in [3.05, 3.63) is 69.7 Å². The fraction of sp³-hybridized carbons (Fsp3) is 0.105. The van der Waals surface area contributed by atoms with Crippen LogP contribution < -0.4 is 5.32 Å². The summed E-state index contributed by atoms with van der Waals surface area (Å²) < 4.78 is 5.21. The van der Waals surface area contributed by atoms with Gasteiger partial charge < -0.3 is 10.1 Å². The van der Waals surface area contributed by atoms with Crippen LogP contribution in [0.2, 0.25) is 10.0 Å². The van der Waals surface area contributed by atoms with Gasteiger partial charge in [0.2, 0.25) is 0 Å². The van der Waals surface area contributed by atoms with Crippen molar-refractivity contribution < 1.29 is 14.3 Å². The van der Waals surface area contributed by atoms with Gasteiger partial charge in [0.1, 0.15) is 5.01 Å². The van der Waals surface area contributed by atoms with Gasteiger partial charge in [0, 0.05) is 16.0 Å². The molecule has 1 aromatic heterocycles. The van der Waals surface area contributed by atoms with E-state index in [4.69, 9.17) is 27.9 Å². The van der Waals surface area contributed by atoms with E-state index in [0.717, 1.165) is 5.56 Å². The molecule has 1 atom stereocenters. The monoisotopic (exact) mass is 420 g/mol. The number of anilines is 1. The minimum atomic E-state index is -1.01. The van der Waals surface area contributed by atoms with Crippen molar-refractivity contribution >= 4 is 52.1 Å². The summed E-state index contributed by atoms with van der Waals surface area (Å²) in [6.45, 7) is 1.48. The molecule has 3 aromatic rings. The van der Waals surface area contributed by atoms with Crippen LogP contribution in [0.4, 0.5) is 5.69 Å². The lowest BCUT2D eigenvalue weighted by atomic mass is 10.2. The van der Waals surface area contributed by atoms with E-state index in [1.165, 1.54) is 18.3 Å². The van der Waals surface area contributed by atoms with Gasteiger partial charge in [0.25, 0.3) is 5.91 Å². The van der Waals surface area contributed by atoms with Crippen molar-refractivity contribution in [2.75, 3.05) is 5.32 Å². The highest BCUT2D eigenvalue weighted by Gasteiger charge is 2.21. The Bertz CT molecular complexity index is 973. The SMILES string of the molecule is CC(OC(=O)c1csc(-c2ccc(Cl)cc2)n1)C(=O)Nc1ccccc1Cl. The normalized spacial score (nSPS) is 11.7. The molecule has 138 valence electrons. The van der Waals surface area contributed by atoms with E-state index in [1.54, 1.807) is 41.8 Å². The van der Waals surface area contributed by atoms with E-state index in [2.05, 4.69) is 10.3 Å². The molecule has 0 bridgehead atoms. The third kappa shape index (κ3) is 4.86. The summed E-state index contributed by atoms with van der Waals surface area (Å²) in [5.41, 5.74) is 1.43. The van der Waals surface area contributed by atoms with Gasteiger partial charge in [-0.25, -0.2) is 9.78 Å². The van der Waals surface area contributed by atoms with Crippen LogP contribution in [-0.4, -0.2) is 23.0 Å². The van der Waals surface area contributed by atoms with Crippen molar-refractivity contribution in [1.29, 1.82) is 0 Å². The molecule has 0 aliphatic heterocycles. The molecule has 0 spiro atoms. The lowest BCUT2D eigenvalue weighted by molar-refractivity contribution is -0.123. The third-order valence-electron chi connectivity index (χ3n) is 3.59. The zero-order chi connectivity index (χ0) is 19.4. The van der Waals surface area contributed by atoms with E-state index < -0.39 is 18.0 Å². The van der Waals surface area contributed by atoms with Crippen LogP contribution in [0.25, 0.3) is 10.6 Å². The van der Waals surface area contributed by atoms with Crippen LogP contribution in [0.15, 0.2) is 53.9 Å². The minimum Gasteiger partial charge on any atom is -0.448 e. The highest BCUT2D eigenvalue weighted by atomic mass is 35.5. The summed E-state index contributed by atoms with van der Waals surface area (Å²) in [7, 11) is 0. The van der Waals surface area contributed by atoms with Crippen molar-refractivity contribution in [3.8, 4) is 10.6 Å². The zero-order valence-electron chi connectivity index (χ0n) is 14.1. The lowest BCUT2D eigenvalue weighted by Crippen LogP contribution is -2.30. The summed E-state index contributed by atoms with van der Waals surface area (Å²) >= 11 is 13.2. The first kappa shape index (κ1) is 19.4. The summed E-state index contributed by atoms with van der Waals surface area (Å²) in [5, 5.41) is 5.89. The van der Waals surface area contributed by atoms with Gasteiger partial charge in [-0.3, -0.25) is 4.79 Å². The molecule has 0 aliphatic carbocycles. The Morgan fingerprint density at radius 3 is 2.52 bits per heavy atom. The van der Waals surface area contributed by atoms with E-state index in [1.807, 2.05) is 12.1 Å². The number of amides is 1. The fourth-order valence-corrected chi connectivity index (χ4v) is 3.27. The molecule has 0 saturated carbocycles. The first-order chi connectivity index (χ1) is 12.9. The zero-order valence-corrected chi connectivity index (χ0v) is 16.4. The number of ether oxygens (including phenoxy) is 1. The largest absolute Gasteiger partial charge is 0.448 e. The van der Waals surface area contributed by atoms with Crippen LogP contribution in [-0.2, 0) is 9.53 Å². The Hall–Kier alpha value is -2.41. The molecule has 1 N–H and O–H groups in total. The molecular weight excluding hydrogens is 407 g/mol. The number of para-hydroxylation sites is 1. The number of esters is 1. The van der Waals surface area contributed by atoms with Gasteiger partial charge in [-0.1, -0.05) is 47.5 Å². The number of carbonyl (C=O) groups excluding carboxylic acids is 2. The Labute approximate surface area is 169 Å². The molecule has 5 nitrogen and oxygen atoms in total. The topological polar surface area (TPSA) is 68.3 Å². The van der Waals surface area contributed by atoms with E-state index in [9.17, 15) is 9.59 Å². The van der Waals surface area contributed by atoms with Crippen LogP contribution in [0.3, 0.4) is 0 Å². The number of nitrogens with zero attached hydrogens (tertiary/aromatic N) is 1. The predicted octanol–water partition coefficient (Wildman–Crippen LogP) is 5.30. The molecule has 0 aliphatic rings. The molecule has 0 fully saturated rings. The maximum absolute atomic E-state index is 12.3. The highest BCUT2D eigenvalue weighted by Crippen LogP contribution is 2.26. The second-order valence-electron chi connectivity index (χ2n) is 5.56. The van der Waals surface area contributed by atoms with Gasteiger partial charge in [0.15, 0.2) is 11.8 Å². The molecule has 0 saturated heterocycles. The number of rotatable bonds is 5. The number of hydrogen-bond donors (Lipinski definition) is 1. The number of hydrogen-bond acceptors (Lipinski definition) is 5. The van der Waals surface area contributed by atoms with Crippen LogP contribution in [0.5, 0.6) is 0 Å². The number of halogens is 2. The van der Waals surface area contributed by atoms with E-state index >= 15 is 0 Å². The fourth-order valence-electron chi connectivity index (χ4n) is 2.16. The molecule has 0 radical (unpaired) electrons. The summed E-state index contributed by atoms with van der Waals surface area (Å²) in [5.74, 6) is -1.15. The maximum atomic E-state index is 12.3. The lowest BCUT2D eigenvalue weighted by Gasteiger charge is -2.13. The molecule has 3 rings (SSSR count). The first-order valence-corrected chi connectivity index (χ1v) is 9.55. The summed E-state index contributed by atoms with van der Waals surface area (Å²) in [4.78, 5) is 28.8. The number of benzene rings is 2. The summed E-state index contributed by atoms with van der Waals surface area (Å²) in [6, 6.07) is 13.9. The van der Waals surface area contributed by atoms with Crippen LogP contribution >= 0.6 is 34.5 Å². The van der Waals surface area contributed by atoms with Crippen molar-refractivity contribution in [3.63, 3.8) is 0 Å². The minimum absolute atomic E-state index is 0.141. The van der Waals surface area contributed by atoms with Gasteiger partial charge >= 0.3 is 5.97 Å². The molecular formula is C19H14Cl2N2O3S. The average molecular weight is 421 g/mol. The Kier molecular flexibility index (Phi) is 6.11. The quantitative estimate of drug-likeness (QED) is 0.568. The second-order valence-corrected chi connectivity index (χ2v) is 7.26. The molecule has 1 heterocycles. The maximum Gasteiger partial charge on any atom is 0.358 e. The van der Waals surface area contributed by atoms with E-state index in [-0.39, 0.29) is 5.69 Å². The summed E-state index contributed by atoms with van der Waals surface area (Å²) in [6.07, 6.45) is -1.01. The Morgan fingerprint density at radius 1 is 1.11 bits per heavy atom.